The Kier molecular flexibility index (Phi) is 3.87. The molecule has 0 bridgehead atoms. The van der Waals surface area contributed by atoms with Crippen LogP contribution in [0.4, 0.5) is 5.69 Å². The largest absolute Gasteiger partial charge is 0.513 e. The molecule has 2 rings (SSSR count). The van der Waals surface area contributed by atoms with E-state index in [1.807, 2.05) is 25.1 Å². The van der Waals surface area contributed by atoms with E-state index in [4.69, 9.17) is 9.52 Å². The minimum absolute atomic E-state index is 0.100. The molecule has 0 aliphatic carbocycles. The maximum Gasteiger partial charge on any atom is 0.251 e. The molecule has 0 fully saturated rings. The number of allylic oxidation sites excluding steroid dienone is 1. The Morgan fingerprint density at radius 3 is 2.79 bits per heavy atom. The van der Waals surface area contributed by atoms with Crippen LogP contribution in [0, 0.1) is 6.92 Å². The Morgan fingerprint density at radius 2 is 2.16 bits per heavy atom. The maximum atomic E-state index is 11.8. The van der Waals surface area contributed by atoms with Gasteiger partial charge in [-0.1, -0.05) is 12.1 Å². The summed E-state index contributed by atoms with van der Waals surface area (Å²) in [5, 5.41) is 16.7. The molecule has 19 heavy (non-hydrogen) atoms. The first-order chi connectivity index (χ1) is 9.20. The molecule has 0 saturated heterocycles. The summed E-state index contributed by atoms with van der Waals surface area (Å²) in [5.74, 6) is -0.424. The van der Waals surface area contributed by atoms with E-state index in [0.717, 1.165) is 5.56 Å². The molecule has 0 radical (unpaired) electrons. The second kappa shape index (κ2) is 5.77. The summed E-state index contributed by atoms with van der Waals surface area (Å²) in [5.41, 5.74) is 1.45. The number of aliphatic hydroxyl groups excluding tert-OH is 1. The zero-order valence-electron chi connectivity index (χ0n) is 10.3. The summed E-state index contributed by atoms with van der Waals surface area (Å²) in [4.78, 5) is 11.8. The second-order valence-corrected chi connectivity index (χ2v) is 3.86. The van der Waals surface area contributed by atoms with Crippen molar-refractivity contribution in [2.45, 2.75) is 6.92 Å². The van der Waals surface area contributed by atoms with Crippen LogP contribution in [-0.2, 0) is 0 Å². The zero-order valence-corrected chi connectivity index (χ0v) is 10.3. The monoisotopic (exact) mass is 256 g/mol. The highest BCUT2D eigenvalue weighted by Gasteiger charge is 2.14. The first kappa shape index (κ1) is 12.8. The van der Waals surface area contributed by atoms with Gasteiger partial charge in [-0.05, 0) is 36.8 Å². The molecule has 96 valence electrons. The summed E-state index contributed by atoms with van der Waals surface area (Å²) in [6.45, 7) is 1.93. The van der Waals surface area contributed by atoms with Gasteiger partial charge in [-0.2, -0.15) is 5.11 Å². The van der Waals surface area contributed by atoms with Crippen LogP contribution in [0.2, 0.25) is 0 Å². The summed E-state index contributed by atoms with van der Waals surface area (Å²) in [6.07, 6.45) is 1.99. The van der Waals surface area contributed by atoms with Crippen molar-refractivity contribution < 1.29 is 14.3 Å². The molecule has 0 spiro atoms. The van der Waals surface area contributed by atoms with Gasteiger partial charge < -0.3 is 9.52 Å². The lowest BCUT2D eigenvalue weighted by atomic mass is 10.2. The number of nitrogens with zero attached hydrogens (tertiary/aromatic N) is 2. The highest BCUT2D eigenvalue weighted by Crippen LogP contribution is 2.17. The molecular formula is C14H12N2O3. The summed E-state index contributed by atoms with van der Waals surface area (Å²) < 4.78 is 4.95. The highest BCUT2D eigenvalue weighted by atomic mass is 16.3. The van der Waals surface area contributed by atoms with E-state index in [9.17, 15) is 4.79 Å². The molecule has 5 nitrogen and oxygen atoms in total. The smallest absolute Gasteiger partial charge is 0.251 e. The van der Waals surface area contributed by atoms with E-state index in [1.54, 1.807) is 12.1 Å². The van der Waals surface area contributed by atoms with E-state index in [-0.39, 0.29) is 11.5 Å². The van der Waals surface area contributed by atoms with Gasteiger partial charge >= 0.3 is 0 Å². The molecule has 0 aliphatic rings. The number of furan rings is 1. The molecule has 0 saturated carbocycles. The lowest BCUT2D eigenvalue weighted by molar-refractivity contribution is 0.0999. The number of aryl methyl sites for hydroxylation is 1. The van der Waals surface area contributed by atoms with Crippen molar-refractivity contribution in [3.63, 3.8) is 0 Å². The van der Waals surface area contributed by atoms with Gasteiger partial charge in [0.2, 0.25) is 0 Å². The molecule has 0 aliphatic heterocycles. The average molecular weight is 256 g/mol. The van der Waals surface area contributed by atoms with Crippen LogP contribution < -0.4 is 0 Å². The number of azo groups is 1. The first-order valence-electron chi connectivity index (χ1n) is 5.61. The number of hydrogen-bond donors (Lipinski definition) is 1. The summed E-state index contributed by atoms with van der Waals surface area (Å²) in [6, 6.07) is 10.4. The average Bonchev–Trinajstić information content (AvgIpc) is 2.93. The van der Waals surface area contributed by atoms with Crippen molar-refractivity contribution in [3.8, 4) is 0 Å². The normalized spacial score (nSPS) is 11.9. The number of ketones is 1. The van der Waals surface area contributed by atoms with Crippen LogP contribution in [0.25, 0.3) is 0 Å². The van der Waals surface area contributed by atoms with Crippen molar-refractivity contribution in [2.75, 3.05) is 0 Å². The number of rotatable bonds is 4. The SMILES string of the molecule is Cc1cccc(N=N/C(=C/O)C(=O)c2ccco2)c1. The number of benzene rings is 1. The Morgan fingerprint density at radius 1 is 1.32 bits per heavy atom. The molecule has 1 aromatic heterocycles. The van der Waals surface area contributed by atoms with Crippen LogP contribution >= 0.6 is 0 Å². The van der Waals surface area contributed by atoms with Gasteiger partial charge in [0.25, 0.3) is 5.78 Å². The first-order valence-corrected chi connectivity index (χ1v) is 5.61. The highest BCUT2D eigenvalue weighted by molar-refractivity contribution is 6.06. The molecule has 1 aromatic carbocycles. The third-order valence-electron chi connectivity index (χ3n) is 2.37. The summed E-state index contributed by atoms with van der Waals surface area (Å²) in [7, 11) is 0. The molecule has 0 amide bonds. The van der Waals surface area contributed by atoms with Crippen molar-refractivity contribution in [1.29, 1.82) is 0 Å². The van der Waals surface area contributed by atoms with E-state index >= 15 is 0 Å². The molecular weight excluding hydrogens is 244 g/mol. The van der Waals surface area contributed by atoms with Crippen LogP contribution in [0.15, 0.2) is 69.3 Å². The van der Waals surface area contributed by atoms with Crippen LogP contribution in [0.5, 0.6) is 0 Å². The van der Waals surface area contributed by atoms with Gasteiger partial charge in [0.1, 0.15) is 6.26 Å². The van der Waals surface area contributed by atoms with Gasteiger partial charge in [-0.3, -0.25) is 4.79 Å². The topological polar surface area (TPSA) is 75.2 Å². The second-order valence-electron chi connectivity index (χ2n) is 3.86. The van der Waals surface area contributed by atoms with Crippen molar-refractivity contribution in [2.24, 2.45) is 10.2 Å². The number of carbonyl (C=O) groups excluding carboxylic acids is 1. The van der Waals surface area contributed by atoms with Gasteiger partial charge in [0.05, 0.1) is 12.0 Å². The Bertz CT molecular complexity index is 628. The van der Waals surface area contributed by atoms with Crippen LogP contribution in [-0.4, -0.2) is 10.9 Å². The fraction of sp³-hybridized carbons (Fsp3) is 0.0714. The van der Waals surface area contributed by atoms with Gasteiger partial charge in [-0.15, -0.1) is 5.11 Å². The predicted molar refractivity (Wildman–Crippen MR) is 69.4 cm³/mol. The van der Waals surface area contributed by atoms with Crippen LogP contribution in [0.1, 0.15) is 16.1 Å². The number of aliphatic hydroxyl groups is 1. The Balaban J connectivity index is 2.19. The standard InChI is InChI=1S/C14H12N2O3/c1-10-4-2-5-11(8-10)15-16-12(9-17)14(18)13-6-3-7-19-13/h2-9,17H,1H3/b12-9+,16-15?. The van der Waals surface area contributed by atoms with Gasteiger partial charge in [-0.25, -0.2) is 0 Å². The van der Waals surface area contributed by atoms with Crippen molar-refractivity contribution >= 4 is 11.5 Å². The van der Waals surface area contributed by atoms with Gasteiger partial charge in [0, 0.05) is 0 Å². The fourth-order valence-corrected chi connectivity index (χ4v) is 1.47. The van der Waals surface area contributed by atoms with E-state index < -0.39 is 5.78 Å². The molecule has 1 N–H and O–H groups in total. The molecule has 5 heteroatoms. The Labute approximate surface area is 109 Å². The fourth-order valence-electron chi connectivity index (χ4n) is 1.47. The van der Waals surface area contributed by atoms with E-state index in [1.165, 1.54) is 12.3 Å². The molecule has 0 atom stereocenters. The summed E-state index contributed by atoms with van der Waals surface area (Å²) >= 11 is 0. The van der Waals surface area contributed by atoms with Gasteiger partial charge in [0.15, 0.2) is 11.5 Å². The van der Waals surface area contributed by atoms with E-state index in [0.29, 0.717) is 11.9 Å². The number of carbonyl (C=O) groups is 1. The molecule has 0 unspecified atom stereocenters. The minimum atomic E-state index is -0.524. The lowest BCUT2D eigenvalue weighted by Gasteiger charge is -1.96. The molecule has 2 aromatic rings. The minimum Gasteiger partial charge on any atom is -0.513 e. The van der Waals surface area contributed by atoms with Crippen LogP contribution in [0.3, 0.4) is 0 Å². The predicted octanol–water partition coefficient (Wildman–Crippen LogP) is 3.95. The third-order valence-corrected chi connectivity index (χ3v) is 2.37. The lowest BCUT2D eigenvalue weighted by Crippen LogP contribution is -1.99. The van der Waals surface area contributed by atoms with Crippen molar-refractivity contribution in [1.82, 2.24) is 0 Å². The van der Waals surface area contributed by atoms with Crippen molar-refractivity contribution in [3.05, 3.63) is 65.9 Å². The number of Topliss-reactive ketones (excluding diaryl/α,β-unsaturated/α-hetero) is 1. The number of hydrogen-bond acceptors (Lipinski definition) is 5. The Hall–Kier alpha value is -2.69. The van der Waals surface area contributed by atoms with E-state index in [2.05, 4.69) is 10.2 Å². The maximum absolute atomic E-state index is 11.8. The third kappa shape index (κ3) is 3.16. The zero-order chi connectivity index (χ0) is 13.7. The quantitative estimate of drug-likeness (QED) is 0.389. The molecule has 1 heterocycles.